The zero-order valence-electron chi connectivity index (χ0n) is 16.0. The van der Waals surface area contributed by atoms with E-state index in [2.05, 4.69) is 10.6 Å². The number of ether oxygens (including phenoxy) is 1. The minimum absolute atomic E-state index is 0.0244. The second kappa shape index (κ2) is 10.4. The molecule has 1 aromatic carbocycles. The topological polar surface area (TPSA) is 67.4 Å². The summed E-state index contributed by atoms with van der Waals surface area (Å²) in [4.78, 5) is 27.1. The molecule has 0 saturated carbocycles. The van der Waals surface area contributed by atoms with E-state index in [1.54, 1.807) is 13.2 Å². The van der Waals surface area contributed by atoms with E-state index in [0.717, 1.165) is 31.2 Å². The first-order valence-electron chi connectivity index (χ1n) is 9.29. The first kappa shape index (κ1) is 22.1. The molecule has 156 valence electrons. The van der Waals surface area contributed by atoms with Gasteiger partial charge in [-0.1, -0.05) is 11.6 Å². The molecule has 0 atom stereocenters. The van der Waals surface area contributed by atoms with Crippen molar-refractivity contribution in [2.24, 2.45) is 0 Å². The molecular weight excluding hydrogens is 435 g/mol. The number of hydrogen-bond donors (Lipinski definition) is 2. The Morgan fingerprint density at radius 1 is 1.31 bits per heavy atom. The van der Waals surface area contributed by atoms with Crippen LogP contribution in [0.15, 0.2) is 23.1 Å². The number of aryl methyl sites for hydroxylation is 1. The summed E-state index contributed by atoms with van der Waals surface area (Å²) in [6.45, 7) is 0.838. The van der Waals surface area contributed by atoms with E-state index in [-0.39, 0.29) is 22.6 Å². The van der Waals surface area contributed by atoms with Crippen molar-refractivity contribution in [2.75, 3.05) is 31.3 Å². The average molecular weight is 457 g/mol. The van der Waals surface area contributed by atoms with E-state index >= 15 is 0 Å². The Balaban J connectivity index is 1.70. The third-order valence-corrected chi connectivity index (χ3v) is 6.99. The summed E-state index contributed by atoms with van der Waals surface area (Å²) >= 11 is 8.53. The van der Waals surface area contributed by atoms with Crippen LogP contribution in [-0.4, -0.2) is 37.8 Å². The second-order valence-electron chi connectivity index (χ2n) is 6.58. The second-order valence-corrected chi connectivity index (χ2v) is 9.14. The number of amides is 2. The Labute approximate surface area is 182 Å². The highest BCUT2D eigenvalue weighted by Gasteiger charge is 2.26. The Kier molecular flexibility index (Phi) is 7.94. The van der Waals surface area contributed by atoms with E-state index in [0.29, 0.717) is 28.6 Å². The van der Waals surface area contributed by atoms with Crippen LogP contribution in [-0.2, 0) is 22.4 Å². The summed E-state index contributed by atoms with van der Waals surface area (Å²) in [5.74, 6) is -0.765. The van der Waals surface area contributed by atoms with Crippen molar-refractivity contribution in [2.45, 2.75) is 30.6 Å². The summed E-state index contributed by atoms with van der Waals surface area (Å²) in [5.41, 5.74) is 1.62. The smallest absolute Gasteiger partial charge is 0.254 e. The summed E-state index contributed by atoms with van der Waals surface area (Å²) < 4.78 is 18.3. The number of methoxy groups -OCH3 is 1. The monoisotopic (exact) mass is 456 g/mol. The van der Waals surface area contributed by atoms with Crippen LogP contribution >= 0.6 is 34.7 Å². The van der Waals surface area contributed by atoms with Crippen LogP contribution < -0.4 is 10.6 Å². The molecule has 2 aromatic rings. The first-order valence-corrected chi connectivity index (χ1v) is 11.5. The Bertz CT molecular complexity index is 904. The number of fused-ring (bicyclic) bond motifs is 1. The average Bonchev–Trinajstić information content (AvgIpc) is 3.06. The molecule has 1 aliphatic carbocycles. The lowest BCUT2D eigenvalue weighted by molar-refractivity contribution is -0.113. The fraction of sp³-hybridized carbons (Fsp3) is 0.400. The number of nitrogens with one attached hydrogen (secondary N) is 2. The van der Waals surface area contributed by atoms with Gasteiger partial charge in [0.05, 0.1) is 22.9 Å². The molecule has 1 aromatic heterocycles. The number of hydrogen-bond acceptors (Lipinski definition) is 5. The van der Waals surface area contributed by atoms with Gasteiger partial charge in [-0.25, -0.2) is 4.39 Å². The lowest BCUT2D eigenvalue weighted by atomic mass is 9.95. The highest BCUT2D eigenvalue weighted by Crippen LogP contribution is 2.38. The molecule has 0 saturated heterocycles. The van der Waals surface area contributed by atoms with Gasteiger partial charge >= 0.3 is 0 Å². The van der Waals surface area contributed by atoms with Gasteiger partial charge in [0, 0.05) is 23.4 Å². The van der Waals surface area contributed by atoms with Crippen LogP contribution in [0.3, 0.4) is 0 Å². The number of carbonyl (C=O) groups is 2. The maximum Gasteiger partial charge on any atom is 0.254 e. The summed E-state index contributed by atoms with van der Waals surface area (Å²) in [5, 5.41) is 6.37. The van der Waals surface area contributed by atoms with Gasteiger partial charge in [-0.15, -0.1) is 23.1 Å². The predicted octanol–water partition coefficient (Wildman–Crippen LogP) is 4.53. The fourth-order valence-corrected chi connectivity index (χ4v) is 5.41. The van der Waals surface area contributed by atoms with Crippen LogP contribution in [0, 0.1) is 5.82 Å². The number of thiophene rings is 1. The third kappa shape index (κ3) is 5.72. The molecular formula is C20H22ClFN2O3S2. The van der Waals surface area contributed by atoms with E-state index in [1.165, 1.54) is 40.1 Å². The number of rotatable bonds is 8. The van der Waals surface area contributed by atoms with Crippen molar-refractivity contribution < 1.29 is 18.7 Å². The molecule has 9 heteroatoms. The lowest BCUT2D eigenvalue weighted by Crippen LogP contribution is -2.29. The van der Waals surface area contributed by atoms with Gasteiger partial charge in [0.15, 0.2) is 0 Å². The molecule has 0 bridgehead atoms. The third-order valence-electron chi connectivity index (χ3n) is 4.50. The standard InChI is InChI=1S/C20H22ClFN2O3S2/c1-27-9-8-23-19(26)18-13-4-2-3-5-16(13)29-20(18)24-17(25)11-28-12-6-7-15(22)14(21)10-12/h6-7,10H,2-5,8-9,11H2,1H3,(H,23,26)(H,24,25). The number of thioether (sulfide) groups is 1. The maximum absolute atomic E-state index is 13.3. The quantitative estimate of drug-likeness (QED) is 0.452. The molecule has 1 aliphatic rings. The molecule has 3 rings (SSSR count). The zero-order chi connectivity index (χ0) is 20.8. The van der Waals surface area contributed by atoms with Crippen molar-refractivity contribution in [1.82, 2.24) is 5.32 Å². The molecule has 0 spiro atoms. The molecule has 0 fully saturated rings. The molecule has 0 unspecified atom stereocenters. The van der Waals surface area contributed by atoms with Gasteiger partial charge in [0.1, 0.15) is 10.8 Å². The van der Waals surface area contributed by atoms with Gasteiger partial charge in [-0.05, 0) is 49.4 Å². The number of anilines is 1. The Morgan fingerprint density at radius 2 is 2.10 bits per heavy atom. The number of benzene rings is 1. The molecule has 0 radical (unpaired) electrons. The van der Waals surface area contributed by atoms with Crippen LogP contribution in [0.4, 0.5) is 9.39 Å². The fourth-order valence-electron chi connectivity index (χ4n) is 3.13. The largest absolute Gasteiger partial charge is 0.383 e. The first-order chi connectivity index (χ1) is 14.0. The van der Waals surface area contributed by atoms with Crippen molar-refractivity contribution in [3.63, 3.8) is 0 Å². The van der Waals surface area contributed by atoms with Gasteiger partial charge in [0.2, 0.25) is 5.91 Å². The van der Waals surface area contributed by atoms with Gasteiger partial charge in [-0.2, -0.15) is 0 Å². The molecule has 0 aliphatic heterocycles. The summed E-state index contributed by atoms with van der Waals surface area (Å²) in [6.07, 6.45) is 3.90. The van der Waals surface area contributed by atoms with Crippen LogP contribution in [0.2, 0.25) is 5.02 Å². The zero-order valence-corrected chi connectivity index (χ0v) is 18.4. The highest BCUT2D eigenvalue weighted by atomic mass is 35.5. The normalized spacial score (nSPS) is 13.1. The SMILES string of the molecule is COCCNC(=O)c1c(NC(=O)CSc2ccc(F)c(Cl)c2)sc2c1CCCC2. The molecule has 2 N–H and O–H groups in total. The van der Waals surface area contributed by atoms with E-state index in [1.807, 2.05) is 0 Å². The van der Waals surface area contributed by atoms with Crippen LogP contribution in [0.25, 0.3) is 0 Å². The Hall–Kier alpha value is -1.61. The maximum atomic E-state index is 13.3. The molecule has 2 amide bonds. The minimum atomic E-state index is -0.492. The van der Waals surface area contributed by atoms with Gasteiger partial charge < -0.3 is 15.4 Å². The van der Waals surface area contributed by atoms with Crippen molar-refractivity contribution >= 4 is 51.5 Å². The van der Waals surface area contributed by atoms with Crippen molar-refractivity contribution in [3.05, 3.63) is 45.0 Å². The van der Waals surface area contributed by atoms with Gasteiger partial charge in [-0.3, -0.25) is 9.59 Å². The van der Waals surface area contributed by atoms with Crippen LogP contribution in [0.5, 0.6) is 0 Å². The molecule has 5 nitrogen and oxygen atoms in total. The highest BCUT2D eigenvalue weighted by molar-refractivity contribution is 8.00. The van der Waals surface area contributed by atoms with Crippen LogP contribution in [0.1, 0.15) is 33.6 Å². The van der Waals surface area contributed by atoms with Crippen molar-refractivity contribution in [3.8, 4) is 0 Å². The van der Waals surface area contributed by atoms with E-state index in [4.69, 9.17) is 16.3 Å². The summed E-state index contributed by atoms with van der Waals surface area (Å²) in [6, 6.07) is 4.35. The number of halogens is 2. The minimum Gasteiger partial charge on any atom is -0.383 e. The molecule has 1 heterocycles. The van der Waals surface area contributed by atoms with E-state index in [9.17, 15) is 14.0 Å². The molecule has 29 heavy (non-hydrogen) atoms. The predicted molar refractivity (Wildman–Crippen MR) is 116 cm³/mol. The van der Waals surface area contributed by atoms with Gasteiger partial charge in [0.25, 0.3) is 5.91 Å². The summed E-state index contributed by atoms with van der Waals surface area (Å²) in [7, 11) is 1.58. The Morgan fingerprint density at radius 3 is 2.86 bits per heavy atom. The van der Waals surface area contributed by atoms with E-state index < -0.39 is 5.82 Å². The number of carbonyl (C=O) groups excluding carboxylic acids is 2. The van der Waals surface area contributed by atoms with Crippen molar-refractivity contribution in [1.29, 1.82) is 0 Å². The lowest BCUT2D eigenvalue weighted by Gasteiger charge is -2.13.